The fourth-order valence-corrected chi connectivity index (χ4v) is 2.90. The Bertz CT molecular complexity index is 346. The lowest BCUT2D eigenvalue weighted by atomic mass is 9.77. The Labute approximate surface area is 106 Å². The van der Waals surface area contributed by atoms with Crippen molar-refractivity contribution < 1.29 is 0 Å². The van der Waals surface area contributed by atoms with E-state index in [2.05, 4.69) is 44.3 Å². The smallest absolute Gasteiger partial charge is 0.0136 e. The minimum Gasteiger partial charge on any atom is -0.314 e. The van der Waals surface area contributed by atoms with Crippen LogP contribution in [0.5, 0.6) is 0 Å². The number of rotatable bonds is 5. The van der Waals surface area contributed by atoms with Gasteiger partial charge < -0.3 is 5.32 Å². The third-order valence-corrected chi connectivity index (χ3v) is 4.25. The summed E-state index contributed by atoms with van der Waals surface area (Å²) >= 11 is 0. The molecule has 1 aliphatic rings. The van der Waals surface area contributed by atoms with Crippen LogP contribution in [0, 0.1) is 19.8 Å². The Balaban J connectivity index is 2.10. The zero-order valence-corrected chi connectivity index (χ0v) is 11.4. The molecule has 0 radical (unpaired) electrons. The maximum absolute atomic E-state index is 3.69. The van der Waals surface area contributed by atoms with E-state index in [1.165, 1.54) is 36.8 Å². The molecule has 0 amide bonds. The van der Waals surface area contributed by atoms with Gasteiger partial charge in [0.1, 0.15) is 0 Å². The quantitative estimate of drug-likeness (QED) is 0.816. The molecule has 1 aliphatic carbocycles. The van der Waals surface area contributed by atoms with Gasteiger partial charge in [0.05, 0.1) is 0 Å². The predicted octanol–water partition coefficient (Wildman–Crippen LogP) is 3.62. The highest BCUT2D eigenvalue weighted by atomic mass is 14.9. The molecule has 0 saturated heterocycles. The van der Waals surface area contributed by atoms with E-state index in [1.807, 2.05) is 0 Å². The summed E-state index contributed by atoms with van der Waals surface area (Å²) in [5.41, 5.74) is 4.46. The minimum absolute atomic E-state index is 0.688. The Morgan fingerprint density at radius 3 is 2.35 bits per heavy atom. The summed E-state index contributed by atoms with van der Waals surface area (Å²) in [6, 6.07) is 7.34. The molecule has 1 saturated carbocycles. The van der Waals surface area contributed by atoms with Crippen molar-refractivity contribution in [1.29, 1.82) is 0 Å². The highest BCUT2D eigenvalue weighted by Crippen LogP contribution is 2.32. The first-order valence-electron chi connectivity index (χ1n) is 7.00. The zero-order valence-electron chi connectivity index (χ0n) is 11.4. The van der Waals surface area contributed by atoms with Gasteiger partial charge in [-0.3, -0.25) is 0 Å². The lowest BCUT2D eigenvalue weighted by Gasteiger charge is -2.35. The van der Waals surface area contributed by atoms with Crippen molar-refractivity contribution in [2.75, 3.05) is 6.54 Å². The first-order chi connectivity index (χ1) is 8.22. The summed E-state index contributed by atoms with van der Waals surface area (Å²) in [5.74, 6) is 0.911. The summed E-state index contributed by atoms with van der Waals surface area (Å²) in [6.45, 7) is 7.79. The molecular weight excluding hydrogens is 206 g/mol. The third-order valence-electron chi connectivity index (χ3n) is 4.25. The monoisotopic (exact) mass is 231 g/mol. The zero-order chi connectivity index (χ0) is 12.3. The second-order valence-electron chi connectivity index (χ2n) is 5.43. The van der Waals surface area contributed by atoms with Gasteiger partial charge in [0, 0.05) is 6.04 Å². The normalized spacial score (nSPS) is 17.8. The molecule has 1 aromatic carbocycles. The average Bonchev–Trinajstić information content (AvgIpc) is 2.21. The highest BCUT2D eigenvalue weighted by molar-refractivity contribution is 5.34. The highest BCUT2D eigenvalue weighted by Gasteiger charge is 2.27. The van der Waals surface area contributed by atoms with Crippen LogP contribution in [0.15, 0.2) is 18.2 Å². The molecule has 0 bridgehead atoms. The summed E-state index contributed by atoms with van der Waals surface area (Å²) < 4.78 is 0. The van der Waals surface area contributed by atoms with E-state index in [9.17, 15) is 0 Å². The van der Waals surface area contributed by atoms with E-state index in [0.29, 0.717) is 6.04 Å². The lowest BCUT2D eigenvalue weighted by molar-refractivity contribution is 0.229. The second-order valence-corrected chi connectivity index (χ2v) is 5.43. The largest absolute Gasteiger partial charge is 0.314 e. The fourth-order valence-electron chi connectivity index (χ4n) is 2.90. The van der Waals surface area contributed by atoms with Gasteiger partial charge in [0.2, 0.25) is 0 Å². The standard InChI is InChI=1S/C16H25N/c1-4-17-16(14-9-6-10-14)11-15-12(2)7-5-8-13(15)3/h5,7-8,14,16-17H,4,6,9-11H2,1-3H3. The molecule has 0 aromatic heterocycles. The predicted molar refractivity (Wildman–Crippen MR) is 74.4 cm³/mol. The molecule has 1 aromatic rings. The van der Waals surface area contributed by atoms with Crippen LogP contribution in [-0.4, -0.2) is 12.6 Å². The van der Waals surface area contributed by atoms with Crippen LogP contribution < -0.4 is 5.32 Å². The van der Waals surface area contributed by atoms with Crippen molar-refractivity contribution in [2.45, 2.75) is 52.5 Å². The van der Waals surface area contributed by atoms with E-state index >= 15 is 0 Å². The molecule has 1 atom stereocenters. The topological polar surface area (TPSA) is 12.0 Å². The van der Waals surface area contributed by atoms with Gasteiger partial charge in [-0.15, -0.1) is 0 Å². The van der Waals surface area contributed by atoms with Crippen LogP contribution in [0.2, 0.25) is 0 Å². The van der Waals surface area contributed by atoms with Crippen LogP contribution in [0.25, 0.3) is 0 Å². The molecule has 0 heterocycles. The molecule has 1 unspecified atom stereocenters. The minimum atomic E-state index is 0.688. The van der Waals surface area contributed by atoms with Crippen molar-refractivity contribution >= 4 is 0 Å². The number of nitrogens with one attached hydrogen (secondary N) is 1. The van der Waals surface area contributed by atoms with E-state index in [1.54, 1.807) is 5.56 Å². The fraction of sp³-hybridized carbons (Fsp3) is 0.625. The summed E-state index contributed by atoms with van der Waals surface area (Å²) in [6.07, 6.45) is 5.47. The molecule has 1 nitrogen and oxygen atoms in total. The molecule has 94 valence electrons. The SMILES string of the molecule is CCNC(Cc1c(C)cccc1C)C1CCC1. The molecule has 1 fully saturated rings. The number of benzene rings is 1. The summed E-state index contributed by atoms with van der Waals surface area (Å²) in [5, 5.41) is 3.69. The molecular formula is C16H25N. The number of hydrogen-bond acceptors (Lipinski definition) is 1. The van der Waals surface area contributed by atoms with E-state index in [0.717, 1.165) is 12.5 Å². The molecule has 2 rings (SSSR count). The van der Waals surface area contributed by atoms with Gasteiger partial charge in [-0.1, -0.05) is 31.5 Å². The maximum atomic E-state index is 3.69. The maximum Gasteiger partial charge on any atom is 0.0136 e. The molecule has 17 heavy (non-hydrogen) atoms. The summed E-state index contributed by atoms with van der Waals surface area (Å²) in [7, 11) is 0. The second kappa shape index (κ2) is 5.68. The van der Waals surface area contributed by atoms with Gasteiger partial charge >= 0.3 is 0 Å². The van der Waals surface area contributed by atoms with Gasteiger partial charge in [0.25, 0.3) is 0 Å². The van der Waals surface area contributed by atoms with Crippen LogP contribution >= 0.6 is 0 Å². The molecule has 1 heteroatoms. The Hall–Kier alpha value is -0.820. The van der Waals surface area contributed by atoms with Gasteiger partial charge in [-0.2, -0.15) is 0 Å². The molecule has 0 aliphatic heterocycles. The average molecular weight is 231 g/mol. The third kappa shape index (κ3) is 2.90. The van der Waals surface area contributed by atoms with Gasteiger partial charge in [-0.25, -0.2) is 0 Å². The van der Waals surface area contributed by atoms with Gasteiger partial charge in [-0.05, 0) is 62.3 Å². The Kier molecular flexibility index (Phi) is 4.22. The van der Waals surface area contributed by atoms with E-state index < -0.39 is 0 Å². The van der Waals surface area contributed by atoms with Crippen molar-refractivity contribution in [1.82, 2.24) is 5.32 Å². The van der Waals surface area contributed by atoms with Crippen molar-refractivity contribution in [3.8, 4) is 0 Å². The first-order valence-corrected chi connectivity index (χ1v) is 7.00. The van der Waals surface area contributed by atoms with E-state index in [-0.39, 0.29) is 0 Å². The van der Waals surface area contributed by atoms with Crippen molar-refractivity contribution in [3.05, 3.63) is 34.9 Å². The van der Waals surface area contributed by atoms with Crippen LogP contribution in [-0.2, 0) is 6.42 Å². The first kappa shape index (κ1) is 12.6. The van der Waals surface area contributed by atoms with Crippen LogP contribution in [0.4, 0.5) is 0 Å². The number of aryl methyl sites for hydroxylation is 2. The van der Waals surface area contributed by atoms with Gasteiger partial charge in [0.15, 0.2) is 0 Å². The van der Waals surface area contributed by atoms with Crippen LogP contribution in [0.3, 0.4) is 0 Å². The van der Waals surface area contributed by atoms with E-state index in [4.69, 9.17) is 0 Å². The van der Waals surface area contributed by atoms with Crippen molar-refractivity contribution in [3.63, 3.8) is 0 Å². The number of hydrogen-bond donors (Lipinski definition) is 1. The molecule has 0 spiro atoms. The molecule has 1 N–H and O–H groups in total. The van der Waals surface area contributed by atoms with Crippen LogP contribution in [0.1, 0.15) is 42.9 Å². The lowest BCUT2D eigenvalue weighted by Crippen LogP contribution is -2.41. The Morgan fingerprint density at radius 1 is 1.24 bits per heavy atom. The Morgan fingerprint density at radius 2 is 1.88 bits per heavy atom. The summed E-state index contributed by atoms with van der Waals surface area (Å²) in [4.78, 5) is 0. The number of likely N-dealkylation sites (N-methyl/N-ethyl adjacent to an activating group) is 1. The van der Waals surface area contributed by atoms with Crippen molar-refractivity contribution in [2.24, 2.45) is 5.92 Å².